The number of nitrogens with one attached hydrogen (secondary N) is 1. The fourth-order valence-corrected chi connectivity index (χ4v) is 5.23. The molecule has 1 aromatic carbocycles. The van der Waals surface area contributed by atoms with Crippen LogP contribution >= 0.6 is 0 Å². The Hall–Kier alpha value is -1.91. The average Bonchev–Trinajstić information content (AvgIpc) is 3.19. The van der Waals surface area contributed by atoms with Gasteiger partial charge in [0.05, 0.1) is 12.2 Å². The number of allylic oxidation sites excluding steroid dienone is 2. The SMILES string of the molecule is Cc1cccc(C[C@H](O)/C=C/[C@@H]2[C@H]3CC(CCCCC(=O)NC(C)C)=C[C@H]3C[C@H]2O)c1. The van der Waals surface area contributed by atoms with Crippen LogP contribution in [0.15, 0.2) is 48.1 Å². The van der Waals surface area contributed by atoms with Crippen molar-refractivity contribution in [2.24, 2.45) is 17.8 Å². The average molecular weight is 426 g/mol. The number of carbonyl (C=O) groups is 1. The second-order valence-electron chi connectivity index (χ2n) is 9.81. The molecule has 1 fully saturated rings. The first-order chi connectivity index (χ1) is 14.8. The van der Waals surface area contributed by atoms with Crippen LogP contribution in [0.2, 0.25) is 0 Å². The van der Waals surface area contributed by atoms with E-state index >= 15 is 0 Å². The van der Waals surface area contributed by atoms with Gasteiger partial charge in [-0.2, -0.15) is 0 Å². The van der Waals surface area contributed by atoms with Crippen molar-refractivity contribution in [2.75, 3.05) is 0 Å². The van der Waals surface area contributed by atoms with Gasteiger partial charge < -0.3 is 15.5 Å². The number of amides is 1. The fraction of sp³-hybridized carbons (Fsp3) is 0.593. The molecule has 1 aromatic rings. The summed E-state index contributed by atoms with van der Waals surface area (Å²) in [7, 11) is 0. The van der Waals surface area contributed by atoms with Crippen molar-refractivity contribution in [3.05, 3.63) is 59.2 Å². The van der Waals surface area contributed by atoms with E-state index in [9.17, 15) is 15.0 Å². The topological polar surface area (TPSA) is 69.6 Å². The number of fused-ring (bicyclic) bond motifs is 1. The lowest BCUT2D eigenvalue weighted by atomic mass is 9.88. The molecule has 3 N–H and O–H groups in total. The molecule has 4 heteroatoms. The van der Waals surface area contributed by atoms with E-state index in [1.807, 2.05) is 32.1 Å². The number of aliphatic hydroxyl groups excluding tert-OH is 2. The van der Waals surface area contributed by atoms with E-state index in [-0.39, 0.29) is 24.0 Å². The minimum Gasteiger partial charge on any atom is -0.392 e. The van der Waals surface area contributed by atoms with Gasteiger partial charge in [0.1, 0.15) is 0 Å². The van der Waals surface area contributed by atoms with Gasteiger partial charge in [-0.15, -0.1) is 0 Å². The minimum absolute atomic E-state index is 0.114. The summed E-state index contributed by atoms with van der Waals surface area (Å²) in [6, 6.07) is 8.44. The lowest BCUT2D eigenvalue weighted by Gasteiger charge is -2.19. The number of hydrogen-bond acceptors (Lipinski definition) is 3. The standard InChI is InChI=1S/C27H39NO3/c1-18(2)28-27(31)10-5-4-8-21-14-22-17-26(30)24(25(22)16-21)12-11-23(29)15-20-9-6-7-19(3)13-20/h6-7,9,11-14,18,22-26,29-30H,4-5,8,10,15-17H2,1-3H3,(H,28,31)/b12-11+/t22-,23+,24+,25-,26+/m0/s1. The molecule has 1 amide bonds. The molecular weight excluding hydrogens is 386 g/mol. The Kier molecular flexibility index (Phi) is 8.50. The maximum Gasteiger partial charge on any atom is 0.220 e. The third-order valence-electron chi connectivity index (χ3n) is 6.63. The summed E-state index contributed by atoms with van der Waals surface area (Å²) < 4.78 is 0. The van der Waals surface area contributed by atoms with E-state index in [1.165, 1.54) is 11.1 Å². The quantitative estimate of drug-likeness (QED) is 0.382. The third-order valence-corrected chi connectivity index (χ3v) is 6.63. The molecule has 5 atom stereocenters. The molecule has 2 aliphatic carbocycles. The Morgan fingerprint density at radius 3 is 2.84 bits per heavy atom. The number of rotatable bonds is 10. The van der Waals surface area contributed by atoms with E-state index in [4.69, 9.17) is 0 Å². The highest BCUT2D eigenvalue weighted by Gasteiger charge is 2.43. The van der Waals surface area contributed by atoms with E-state index in [2.05, 4.69) is 36.5 Å². The first kappa shape index (κ1) is 23.7. The van der Waals surface area contributed by atoms with Gasteiger partial charge in [0.25, 0.3) is 0 Å². The van der Waals surface area contributed by atoms with Crippen LogP contribution in [0.4, 0.5) is 0 Å². The Labute approximate surface area is 187 Å². The molecule has 4 nitrogen and oxygen atoms in total. The van der Waals surface area contributed by atoms with Gasteiger partial charge in [-0.05, 0) is 70.3 Å². The Balaban J connectivity index is 1.45. The van der Waals surface area contributed by atoms with Crippen LogP contribution in [0.5, 0.6) is 0 Å². The molecule has 0 spiro atoms. The molecule has 170 valence electrons. The molecule has 3 rings (SSSR count). The van der Waals surface area contributed by atoms with Crippen molar-refractivity contribution in [3.8, 4) is 0 Å². The van der Waals surface area contributed by atoms with Gasteiger partial charge >= 0.3 is 0 Å². The van der Waals surface area contributed by atoms with Crippen molar-refractivity contribution >= 4 is 5.91 Å². The zero-order valence-electron chi connectivity index (χ0n) is 19.3. The van der Waals surface area contributed by atoms with Crippen LogP contribution in [0, 0.1) is 24.7 Å². The van der Waals surface area contributed by atoms with Gasteiger partial charge in [0, 0.05) is 24.8 Å². The largest absolute Gasteiger partial charge is 0.392 e. The third kappa shape index (κ3) is 7.05. The summed E-state index contributed by atoms with van der Waals surface area (Å²) in [5, 5.41) is 24.0. The molecule has 31 heavy (non-hydrogen) atoms. The Morgan fingerprint density at radius 1 is 1.29 bits per heavy atom. The lowest BCUT2D eigenvalue weighted by Crippen LogP contribution is -2.29. The summed E-state index contributed by atoms with van der Waals surface area (Å²) in [6.45, 7) is 6.04. The van der Waals surface area contributed by atoms with Gasteiger partial charge in [0.2, 0.25) is 5.91 Å². The van der Waals surface area contributed by atoms with Crippen molar-refractivity contribution in [2.45, 2.75) is 84.0 Å². The molecule has 0 saturated heterocycles. The van der Waals surface area contributed by atoms with Crippen LogP contribution in [0.1, 0.15) is 63.5 Å². The van der Waals surface area contributed by atoms with Crippen molar-refractivity contribution < 1.29 is 15.0 Å². The van der Waals surface area contributed by atoms with Crippen molar-refractivity contribution in [3.63, 3.8) is 0 Å². The predicted octanol–water partition coefficient (Wildman–Crippen LogP) is 4.48. The molecule has 0 radical (unpaired) electrons. The summed E-state index contributed by atoms with van der Waals surface area (Å²) in [5.41, 5.74) is 3.81. The predicted molar refractivity (Wildman–Crippen MR) is 126 cm³/mol. The molecular formula is C27H39NO3. The Bertz CT molecular complexity index is 797. The number of aliphatic hydroxyl groups is 2. The maximum atomic E-state index is 11.8. The van der Waals surface area contributed by atoms with Crippen LogP contribution in [-0.4, -0.2) is 34.4 Å². The van der Waals surface area contributed by atoms with Crippen LogP contribution in [0.3, 0.4) is 0 Å². The summed E-state index contributed by atoms with van der Waals surface area (Å²) in [6.07, 6.45) is 11.5. The molecule has 1 saturated carbocycles. The van der Waals surface area contributed by atoms with E-state index in [0.717, 1.165) is 37.7 Å². The first-order valence-electron chi connectivity index (χ1n) is 11.9. The van der Waals surface area contributed by atoms with Crippen molar-refractivity contribution in [1.82, 2.24) is 5.32 Å². The van der Waals surface area contributed by atoms with E-state index in [0.29, 0.717) is 24.7 Å². The first-order valence-corrected chi connectivity index (χ1v) is 11.9. The molecule has 0 bridgehead atoms. The van der Waals surface area contributed by atoms with Gasteiger partial charge in [-0.3, -0.25) is 4.79 Å². The molecule has 2 aliphatic rings. The number of benzene rings is 1. The van der Waals surface area contributed by atoms with Gasteiger partial charge in [0.15, 0.2) is 0 Å². The maximum absolute atomic E-state index is 11.8. The fourth-order valence-electron chi connectivity index (χ4n) is 5.23. The lowest BCUT2D eigenvalue weighted by molar-refractivity contribution is -0.121. The van der Waals surface area contributed by atoms with Gasteiger partial charge in [-0.1, -0.05) is 53.6 Å². The number of carbonyl (C=O) groups excluding carboxylic acids is 1. The smallest absolute Gasteiger partial charge is 0.220 e. The molecule has 0 heterocycles. The highest BCUT2D eigenvalue weighted by Crippen LogP contribution is 2.48. The summed E-state index contributed by atoms with van der Waals surface area (Å²) in [4.78, 5) is 11.8. The van der Waals surface area contributed by atoms with Crippen LogP contribution in [0.25, 0.3) is 0 Å². The van der Waals surface area contributed by atoms with Crippen LogP contribution in [-0.2, 0) is 11.2 Å². The second kappa shape index (κ2) is 11.1. The highest BCUT2D eigenvalue weighted by molar-refractivity contribution is 5.76. The normalized spacial score (nSPS) is 26.3. The molecule has 0 unspecified atom stereocenters. The Morgan fingerprint density at radius 2 is 2.10 bits per heavy atom. The highest BCUT2D eigenvalue weighted by atomic mass is 16.3. The number of unbranched alkanes of at least 4 members (excludes halogenated alkanes) is 1. The number of aryl methyl sites for hydroxylation is 1. The van der Waals surface area contributed by atoms with E-state index < -0.39 is 6.10 Å². The molecule has 0 aliphatic heterocycles. The van der Waals surface area contributed by atoms with Gasteiger partial charge in [-0.25, -0.2) is 0 Å². The minimum atomic E-state index is -0.529. The molecule has 0 aromatic heterocycles. The second-order valence-corrected chi connectivity index (χ2v) is 9.81. The van der Waals surface area contributed by atoms with Crippen molar-refractivity contribution in [1.29, 1.82) is 0 Å². The zero-order valence-corrected chi connectivity index (χ0v) is 19.3. The summed E-state index contributed by atoms with van der Waals surface area (Å²) in [5.74, 6) is 1.14. The van der Waals surface area contributed by atoms with E-state index in [1.54, 1.807) is 0 Å². The monoisotopic (exact) mass is 425 g/mol. The zero-order chi connectivity index (χ0) is 22.4. The van der Waals surface area contributed by atoms with Crippen LogP contribution < -0.4 is 5.32 Å². The summed E-state index contributed by atoms with van der Waals surface area (Å²) >= 11 is 0. The number of hydrogen-bond donors (Lipinski definition) is 3.